The van der Waals surface area contributed by atoms with Gasteiger partial charge in [-0.2, -0.15) is 5.10 Å². The third kappa shape index (κ3) is 6.74. The molecule has 1 unspecified atom stereocenters. The van der Waals surface area contributed by atoms with Crippen LogP contribution in [0.15, 0.2) is 29.4 Å². The van der Waals surface area contributed by atoms with Gasteiger partial charge in [0.1, 0.15) is 0 Å². The first-order valence-electron chi connectivity index (χ1n) is 8.27. The predicted octanol–water partition coefficient (Wildman–Crippen LogP) is 2.73. The molecule has 0 saturated heterocycles. The van der Waals surface area contributed by atoms with Gasteiger partial charge in [-0.3, -0.25) is 14.4 Å². The smallest absolute Gasteiger partial charge is 0.314 e. The molecular weight excluding hydrogens is 322 g/mol. The molecule has 1 aromatic carbocycles. The van der Waals surface area contributed by atoms with Crippen LogP contribution in [-0.4, -0.2) is 30.1 Å². The fourth-order valence-corrected chi connectivity index (χ4v) is 2.22. The van der Waals surface area contributed by atoms with E-state index in [-0.39, 0.29) is 11.9 Å². The molecular formula is C18H25N3O4. The number of rotatable bonds is 8. The lowest BCUT2D eigenvalue weighted by atomic mass is 9.99. The van der Waals surface area contributed by atoms with Crippen LogP contribution in [0.4, 0.5) is 5.69 Å². The van der Waals surface area contributed by atoms with Gasteiger partial charge in [0, 0.05) is 23.9 Å². The van der Waals surface area contributed by atoms with Gasteiger partial charge in [0.2, 0.25) is 5.91 Å². The van der Waals surface area contributed by atoms with E-state index in [0.717, 1.165) is 6.42 Å². The van der Waals surface area contributed by atoms with E-state index in [1.165, 1.54) is 6.92 Å². The van der Waals surface area contributed by atoms with Crippen molar-refractivity contribution in [3.05, 3.63) is 29.8 Å². The lowest BCUT2D eigenvalue weighted by Crippen LogP contribution is -2.27. The van der Waals surface area contributed by atoms with Crippen LogP contribution in [0.5, 0.6) is 0 Å². The maximum atomic E-state index is 12.1. The van der Waals surface area contributed by atoms with Crippen LogP contribution in [0.25, 0.3) is 0 Å². The second-order valence-corrected chi connectivity index (χ2v) is 5.55. The minimum absolute atomic E-state index is 0.182. The number of nitrogens with one attached hydrogen (secondary N) is 2. The van der Waals surface area contributed by atoms with Gasteiger partial charge in [-0.25, -0.2) is 5.43 Å². The summed E-state index contributed by atoms with van der Waals surface area (Å²) in [5, 5.41) is 6.67. The molecule has 0 aliphatic carbocycles. The highest BCUT2D eigenvalue weighted by molar-refractivity contribution is 6.02. The molecule has 2 N–H and O–H groups in total. The molecule has 0 aromatic heterocycles. The summed E-state index contributed by atoms with van der Waals surface area (Å²) in [6.07, 6.45) is 1.41. The van der Waals surface area contributed by atoms with E-state index in [1.807, 2.05) is 6.92 Å². The van der Waals surface area contributed by atoms with Crippen LogP contribution in [0.1, 0.15) is 50.9 Å². The van der Waals surface area contributed by atoms with Crippen molar-refractivity contribution in [2.75, 3.05) is 11.9 Å². The molecule has 7 nitrogen and oxygen atoms in total. The van der Waals surface area contributed by atoms with Gasteiger partial charge in [0.25, 0.3) is 5.91 Å². The van der Waals surface area contributed by atoms with E-state index in [2.05, 4.69) is 15.8 Å². The van der Waals surface area contributed by atoms with Gasteiger partial charge in [-0.15, -0.1) is 0 Å². The van der Waals surface area contributed by atoms with Crippen LogP contribution in [0.2, 0.25) is 0 Å². The molecule has 2 amide bonds. The fourth-order valence-electron chi connectivity index (χ4n) is 2.22. The molecule has 25 heavy (non-hydrogen) atoms. The molecule has 0 aliphatic rings. The lowest BCUT2D eigenvalue weighted by Gasteiger charge is -2.14. The highest BCUT2D eigenvalue weighted by Crippen LogP contribution is 2.12. The van der Waals surface area contributed by atoms with Gasteiger partial charge in [-0.05, 0) is 44.5 Å². The molecule has 1 aromatic rings. The minimum Gasteiger partial charge on any atom is -0.465 e. The third-order valence-electron chi connectivity index (χ3n) is 3.45. The van der Waals surface area contributed by atoms with Gasteiger partial charge in [0.15, 0.2) is 0 Å². The molecule has 0 radical (unpaired) electrons. The van der Waals surface area contributed by atoms with Crippen LogP contribution in [0, 0.1) is 5.92 Å². The molecule has 0 spiro atoms. The van der Waals surface area contributed by atoms with Crippen molar-refractivity contribution in [1.82, 2.24) is 5.43 Å². The van der Waals surface area contributed by atoms with Gasteiger partial charge < -0.3 is 10.1 Å². The number of hydrogen-bond acceptors (Lipinski definition) is 5. The van der Waals surface area contributed by atoms with E-state index in [0.29, 0.717) is 30.0 Å². The minimum atomic E-state index is -0.465. The maximum Gasteiger partial charge on any atom is 0.314 e. The van der Waals surface area contributed by atoms with Crippen LogP contribution < -0.4 is 10.7 Å². The zero-order valence-corrected chi connectivity index (χ0v) is 15.1. The highest BCUT2D eigenvalue weighted by atomic mass is 16.5. The Balaban J connectivity index is 2.75. The summed E-state index contributed by atoms with van der Waals surface area (Å²) >= 11 is 0. The first-order valence-corrected chi connectivity index (χ1v) is 8.27. The Morgan fingerprint density at radius 1 is 1.12 bits per heavy atom. The van der Waals surface area contributed by atoms with Crippen molar-refractivity contribution in [2.24, 2.45) is 11.0 Å². The van der Waals surface area contributed by atoms with Crippen molar-refractivity contribution in [3.8, 4) is 0 Å². The molecule has 1 rings (SSSR count). The Bertz CT molecular complexity index is 638. The van der Waals surface area contributed by atoms with Crippen LogP contribution >= 0.6 is 0 Å². The van der Waals surface area contributed by atoms with E-state index in [4.69, 9.17) is 4.74 Å². The number of anilines is 1. The Morgan fingerprint density at radius 2 is 1.76 bits per heavy atom. The van der Waals surface area contributed by atoms with Gasteiger partial charge in [-0.1, -0.05) is 13.3 Å². The Hall–Kier alpha value is -2.70. The summed E-state index contributed by atoms with van der Waals surface area (Å²) in [6, 6.07) is 6.43. The van der Waals surface area contributed by atoms with Crippen molar-refractivity contribution >= 4 is 29.2 Å². The van der Waals surface area contributed by atoms with Crippen molar-refractivity contribution in [1.29, 1.82) is 0 Å². The monoisotopic (exact) mass is 347 g/mol. The summed E-state index contributed by atoms with van der Waals surface area (Å²) in [5.74, 6) is -1.38. The van der Waals surface area contributed by atoms with E-state index in [1.54, 1.807) is 38.1 Å². The van der Waals surface area contributed by atoms with E-state index < -0.39 is 11.8 Å². The van der Waals surface area contributed by atoms with Crippen molar-refractivity contribution in [3.63, 3.8) is 0 Å². The SMILES string of the molecule is CCCC(C(=O)OCC)C(C)=NNC(=O)c1ccc(NC(C)=O)cc1. The molecule has 0 saturated carbocycles. The van der Waals surface area contributed by atoms with Crippen molar-refractivity contribution in [2.45, 2.75) is 40.5 Å². The Labute approximate surface area is 147 Å². The van der Waals surface area contributed by atoms with Crippen molar-refractivity contribution < 1.29 is 19.1 Å². The molecule has 0 bridgehead atoms. The van der Waals surface area contributed by atoms with Gasteiger partial charge >= 0.3 is 5.97 Å². The quantitative estimate of drug-likeness (QED) is 0.429. The summed E-state index contributed by atoms with van der Waals surface area (Å²) in [4.78, 5) is 35.1. The lowest BCUT2D eigenvalue weighted by molar-refractivity contribution is -0.145. The number of carbonyl (C=O) groups is 3. The Kier molecular flexibility index (Phi) is 8.32. The standard InChI is InChI=1S/C18H25N3O4/c1-5-7-16(18(24)25-6-2)12(3)20-21-17(23)14-8-10-15(11-9-14)19-13(4)22/h8-11,16H,5-7H2,1-4H3,(H,19,22)(H,21,23). The van der Waals surface area contributed by atoms with E-state index >= 15 is 0 Å². The maximum absolute atomic E-state index is 12.1. The van der Waals surface area contributed by atoms with Crippen LogP contribution in [-0.2, 0) is 14.3 Å². The zero-order chi connectivity index (χ0) is 18.8. The number of hydrogen-bond donors (Lipinski definition) is 2. The highest BCUT2D eigenvalue weighted by Gasteiger charge is 2.22. The molecule has 0 fully saturated rings. The number of carbonyl (C=O) groups excluding carboxylic acids is 3. The zero-order valence-electron chi connectivity index (χ0n) is 15.1. The number of nitrogens with zero attached hydrogens (tertiary/aromatic N) is 1. The summed E-state index contributed by atoms with van der Waals surface area (Å²) < 4.78 is 5.05. The molecule has 0 aliphatic heterocycles. The van der Waals surface area contributed by atoms with E-state index in [9.17, 15) is 14.4 Å². The number of benzene rings is 1. The average Bonchev–Trinajstić information content (AvgIpc) is 2.57. The largest absolute Gasteiger partial charge is 0.465 e. The van der Waals surface area contributed by atoms with Crippen LogP contribution in [0.3, 0.4) is 0 Å². The average molecular weight is 347 g/mol. The first kappa shape index (κ1) is 20.3. The summed E-state index contributed by atoms with van der Waals surface area (Å²) in [7, 11) is 0. The number of hydrazone groups is 1. The second-order valence-electron chi connectivity index (χ2n) is 5.55. The molecule has 7 heteroatoms. The molecule has 0 heterocycles. The molecule has 1 atom stereocenters. The van der Waals surface area contributed by atoms with Gasteiger partial charge in [0.05, 0.1) is 12.5 Å². The summed E-state index contributed by atoms with van der Waals surface area (Å²) in [5.41, 5.74) is 3.95. The topological polar surface area (TPSA) is 96.9 Å². The number of amides is 2. The summed E-state index contributed by atoms with van der Waals surface area (Å²) in [6.45, 7) is 7.12. The second kappa shape index (κ2) is 10.2. The Morgan fingerprint density at radius 3 is 2.28 bits per heavy atom. The predicted molar refractivity (Wildman–Crippen MR) is 96.4 cm³/mol. The fraction of sp³-hybridized carbons (Fsp3) is 0.444. The normalized spacial score (nSPS) is 12.2. The number of ether oxygens (including phenoxy) is 1. The number of esters is 1. The molecule has 136 valence electrons. The first-order chi connectivity index (χ1) is 11.9. The third-order valence-corrected chi connectivity index (χ3v) is 3.45.